The van der Waals surface area contributed by atoms with Gasteiger partial charge in [0, 0.05) is 4.92 Å². The molecule has 0 radical (unpaired) electrons. The first-order valence-electron chi connectivity index (χ1n) is 3.35. The van der Waals surface area contributed by atoms with Gasteiger partial charge in [0.15, 0.2) is 0 Å². The van der Waals surface area contributed by atoms with Gasteiger partial charge in [0.25, 0.3) is 6.29 Å². The molecule has 0 aromatic carbocycles. The second-order valence-corrected chi connectivity index (χ2v) is 3.11. The van der Waals surface area contributed by atoms with Crippen molar-refractivity contribution in [1.29, 1.82) is 0 Å². The Labute approximate surface area is 66.8 Å². The summed E-state index contributed by atoms with van der Waals surface area (Å²) in [5, 5.41) is 10.0. The Balaban J connectivity index is 3.59. The summed E-state index contributed by atoms with van der Waals surface area (Å²) in [7, 11) is -1.30. The van der Waals surface area contributed by atoms with Gasteiger partial charge in [-0.25, -0.2) is 0 Å². The normalized spacial score (nSPS) is 10.5. The van der Waals surface area contributed by atoms with E-state index in [1.165, 1.54) is 0 Å². The quantitative estimate of drug-likeness (QED) is 0.354. The lowest BCUT2D eigenvalue weighted by Crippen LogP contribution is -2.03. The van der Waals surface area contributed by atoms with Crippen LogP contribution in [0.5, 0.6) is 0 Å². The van der Waals surface area contributed by atoms with Gasteiger partial charge in [0.2, 0.25) is 8.38 Å². The van der Waals surface area contributed by atoms with E-state index in [0.29, 0.717) is 13.2 Å². The largest absolute Gasteiger partial charge is 0.330 e. The number of hydrogen-bond donors (Lipinski definition) is 0. The van der Waals surface area contributed by atoms with Crippen LogP contribution < -0.4 is 0 Å². The van der Waals surface area contributed by atoms with Gasteiger partial charge >= 0.3 is 0 Å². The molecule has 66 valence electrons. The summed E-state index contributed by atoms with van der Waals surface area (Å²) in [6.07, 6.45) is -0.225. The monoisotopic (exact) mass is 181 g/mol. The fourth-order valence-corrected chi connectivity index (χ4v) is 1.50. The van der Waals surface area contributed by atoms with Crippen LogP contribution >= 0.6 is 8.38 Å². The van der Waals surface area contributed by atoms with Crippen molar-refractivity contribution in [3.8, 4) is 0 Å². The Hall–Kier alpha value is -0.250. The molecule has 0 aliphatic heterocycles. The summed E-state index contributed by atoms with van der Waals surface area (Å²) < 4.78 is 9.99. The van der Waals surface area contributed by atoms with Gasteiger partial charge in [0.05, 0.1) is 13.2 Å². The topological polar surface area (TPSA) is 61.6 Å². The maximum Gasteiger partial charge on any atom is 0.270 e. The summed E-state index contributed by atoms with van der Waals surface area (Å²) in [5.74, 6) is 0. The summed E-state index contributed by atoms with van der Waals surface area (Å²) in [6.45, 7) is 4.49. The molecule has 0 saturated heterocycles. The SMILES string of the molecule is CCOP(C[N+](=O)[O-])OCC. The van der Waals surface area contributed by atoms with Crippen molar-refractivity contribution in [1.82, 2.24) is 0 Å². The highest BCUT2D eigenvalue weighted by Crippen LogP contribution is 2.37. The molecule has 0 spiro atoms. The van der Waals surface area contributed by atoms with Crippen LogP contribution in [-0.4, -0.2) is 24.4 Å². The molecular weight excluding hydrogens is 169 g/mol. The van der Waals surface area contributed by atoms with Gasteiger partial charge in [-0.3, -0.25) is 10.1 Å². The Morgan fingerprint density at radius 1 is 1.36 bits per heavy atom. The third kappa shape index (κ3) is 6.16. The molecule has 0 heterocycles. The fourth-order valence-electron chi connectivity index (χ4n) is 0.501. The van der Waals surface area contributed by atoms with E-state index in [0.717, 1.165) is 0 Å². The predicted octanol–water partition coefficient (Wildman–Crippen LogP) is 1.61. The maximum atomic E-state index is 10.0. The van der Waals surface area contributed by atoms with Crippen LogP contribution in [0.2, 0.25) is 0 Å². The first kappa shape index (κ1) is 10.8. The second-order valence-electron chi connectivity index (χ2n) is 1.64. The van der Waals surface area contributed by atoms with Gasteiger partial charge in [-0.2, -0.15) is 0 Å². The van der Waals surface area contributed by atoms with E-state index in [1.54, 1.807) is 13.8 Å². The number of hydrogen-bond acceptors (Lipinski definition) is 4. The van der Waals surface area contributed by atoms with E-state index >= 15 is 0 Å². The molecule has 0 aromatic rings. The predicted molar refractivity (Wildman–Crippen MR) is 42.0 cm³/mol. The van der Waals surface area contributed by atoms with Crippen LogP contribution in [0.3, 0.4) is 0 Å². The first-order chi connectivity index (χ1) is 5.20. The van der Waals surface area contributed by atoms with Crippen LogP contribution in [0.25, 0.3) is 0 Å². The number of nitro groups is 1. The molecule has 0 aliphatic carbocycles. The highest BCUT2D eigenvalue weighted by molar-refractivity contribution is 7.46. The van der Waals surface area contributed by atoms with E-state index < -0.39 is 13.3 Å². The molecule has 0 N–H and O–H groups in total. The Kier molecular flexibility index (Phi) is 6.31. The van der Waals surface area contributed by atoms with E-state index in [1.807, 2.05) is 0 Å². The van der Waals surface area contributed by atoms with E-state index in [2.05, 4.69) is 0 Å². The summed E-state index contributed by atoms with van der Waals surface area (Å²) >= 11 is 0. The van der Waals surface area contributed by atoms with Crippen molar-refractivity contribution >= 4 is 8.38 Å². The van der Waals surface area contributed by atoms with Crippen molar-refractivity contribution in [3.63, 3.8) is 0 Å². The van der Waals surface area contributed by atoms with Gasteiger partial charge in [-0.15, -0.1) is 0 Å². The van der Waals surface area contributed by atoms with Crippen LogP contribution in [0.1, 0.15) is 13.8 Å². The third-order valence-electron chi connectivity index (χ3n) is 0.777. The smallest absolute Gasteiger partial charge is 0.270 e. The van der Waals surface area contributed by atoms with E-state index in [9.17, 15) is 10.1 Å². The molecular formula is C5H12NO4P. The second kappa shape index (κ2) is 6.46. The fraction of sp³-hybridized carbons (Fsp3) is 1.00. The molecule has 0 bridgehead atoms. The molecule has 0 aliphatic rings. The maximum absolute atomic E-state index is 10.0. The van der Waals surface area contributed by atoms with Gasteiger partial charge in [0.1, 0.15) is 0 Å². The average Bonchev–Trinajstić information content (AvgIpc) is 1.87. The molecule has 6 heteroatoms. The minimum absolute atomic E-state index is 0.225. The average molecular weight is 181 g/mol. The Morgan fingerprint density at radius 2 is 1.82 bits per heavy atom. The summed E-state index contributed by atoms with van der Waals surface area (Å²) in [4.78, 5) is 9.60. The zero-order valence-corrected chi connectivity index (χ0v) is 7.54. The zero-order valence-electron chi connectivity index (χ0n) is 6.65. The Bertz CT molecular complexity index is 115. The zero-order chi connectivity index (χ0) is 8.69. The van der Waals surface area contributed by atoms with Crippen LogP contribution in [0.4, 0.5) is 0 Å². The van der Waals surface area contributed by atoms with Gasteiger partial charge in [-0.1, -0.05) is 0 Å². The standard InChI is InChI=1S/C5H12NO4P/c1-3-9-11(10-4-2)5-6(7)8/h3-5H2,1-2H3. The lowest BCUT2D eigenvalue weighted by Gasteiger charge is -2.09. The van der Waals surface area contributed by atoms with E-state index in [4.69, 9.17) is 9.05 Å². The third-order valence-corrected chi connectivity index (χ3v) is 2.33. The number of rotatable bonds is 6. The first-order valence-corrected chi connectivity index (χ1v) is 4.72. The van der Waals surface area contributed by atoms with Crippen molar-refractivity contribution in [2.75, 3.05) is 19.5 Å². The molecule has 0 aromatic heterocycles. The van der Waals surface area contributed by atoms with Crippen molar-refractivity contribution in [2.45, 2.75) is 13.8 Å². The highest BCUT2D eigenvalue weighted by atomic mass is 31.2. The summed E-state index contributed by atoms with van der Waals surface area (Å²) in [5.41, 5.74) is 0. The molecule has 0 saturated carbocycles. The van der Waals surface area contributed by atoms with Crippen molar-refractivity contribution in [3.05, 3.63) is 10.1 Å². The molecule has 0 atom stereocenters. The lowest BCUT2D eigenvalue weighted by atomic mass is 10.9. The molecule has 0 fully saturated rings. The Morgan fingerprint density at radius 3 is 2.09 bits per heavy atom. The lowest BCUT2D eigenvalue weighted by molar-refractivity contribution is -0.460. The van der Waals surface area contributed by atoms with E-state index in [-0.39, 0.29) is 6.29 Å². The van der Waals surface area contributed by atoms with Crippen molar-refractivity contribution in [2.24, 2.45) is 0 Å². The van der Waals surface area contributed by atoms with Gasteiger partial charge in [-0.05, 0) is 13.8 Å². The van der Waals surface area contributed by atoms with Crippen molar-refractivity contribution < 1.29 is 14.0 Å². The molecule has 0 amide bonds. The molecule has 0 unspecified atom stereocenters. The highest BCUT2D eigenvalue weighted by Gasteiger charge is 2.15. The van der Waals surface area contributed by atoms with Crippen LogP contribution in [0.15, 0.2) is 0 Å². The van der Waals surface area contributed by atoms with Crippen LogP contribution in [0, 0.1) is 10.1 Å². The van der Waals surface area contributed by atoms with Gasteiger partial charge < -0.3 is 9.05 Å². The molecule has 5 nitrogen and oxygen atoms in total. The van der Waals surface area contributed by atoms with Crippen LogP contribution in [-0.2, 0) is 9.05 Å². The summed E-state index contributed by atoms with van der Waals surface area (Å²) in [6, 6.07) is 0. The molecule has 11 heavy (non-hydrogen) atoms. The molecule has 0 rings (SSSR count). The minimum Gasteiger partial charge on any atom is -0.330 e. The minimum atomic E-state index is -1.30. The number of nitrogens with zero attached hydrogens (tertiary/aromatic N) is 1.